The third-order valence-electron chi connectivity index (χ3n) is 4.29. The second kappa shape index (κ2) is 5.59. The van der Waals surface area contributed by atoms with E-state index in [1.807, 2.05) is 31.9 Å². The van der Waals surface area contributed by atoms with Crippen LogP contribution < -0.4 is 4.74 Å². The number of nitrogens with zero attached hydrogens (tertiary/aromatic N) is 4. The molecule has 0 aromatic carbocycles. The standard InChI is InChI=1S/C16H22N4O2/c1-10-8-11(2)17-15-14(10)16(18-19(15)4)22-9-13(21)20-7-5-6-12(20)3/h8,12H,5-7,9H2,1-4H3. The van der Waals surface area contributed by atoms with Gasteiger partial charge >= 0.3 is 0 Å². The van der Waals surface area contributed by atoms with Crippen molar-refractivity contribution in [1.29, 1.82) is 0 Å². The van der Waals surface area contributed by atoms with Crippen molar-refractivity contribution >= 4 is 16.9 Å². The molecule has 3 heterocycles. The number of fused-ring (bicyclic) bond motifs is 1. The lowest BCUT2D eigenvalue weighted by Gasteiger charge is -2.21. The Morgan fingerprint density at radius 3 is 2.91 bits per heavy atom. The number of ether oxygens (including phenoxy) is 1. The minimum atomic E-state index is 0.0292. The van der Waals surface area contributed by atoms with Gasteiger partial charge in [-0.1, -0.05) is 0 Å². The van der Waals surface area contributed by atoms with Gasteiger partial charge in [0.1, 0.15) is 0 Å². The molecular formula is C16H22N4O2. The van der Waals surface area contributed by atoms with Crippen molar-refractivity contribution in [3.05, 3.63) is 17.3 Å². The first-order valence-corrected chi connectivity index (χ1v) is 7.70. The molecule has 1 fully saturated rings. The van der Waals surface area contributed by atoms with Gasteiger partial charge in [-0.15, -0.1) is 5.10 Å². The monoisotopic (exact) mass is 302 g/mol. The maximum Gasteiger partial charge on any atom is 0.260 e. The third kappa shape index (κ3) is 2.53. The van der Waals surface area contributed by atoms with Gasteiger partial charge in [-0.05, 0) is 45.2 Å². The Hall–Kier alpha value is -2.11. The molecule has 0 aliphatic carbocycles. The molecule has 1 saturated heterocycles. The zero-order valence-electron chi connectivity index (χ0n) is 13.6. The molecule has 0 spiro atoms. The highest BCUT2D eigenvalue weighted by Crippen LogP contribution is 2.27. The highest BCUT2D eigenvalue weighted by molar-refractivity contribution is 5.85. The lowest BCUT2D eigenvalue weighted by atomic mass is 10.2. The molecule has 1 aliphatic rings. The van der Waals surface area contributed by atoms with Gasteiger partial charge < -0.3 is 9.64 Å². The maximum atomic E-state index is 12.3. The Bertz CT molecular complexity index is 722. The van der Waals surface area contributed by atoms with E-state index in [4.69, 9.17) is 4.74 Å². The van der Waals surface area contributed by atoms with Gasteiger partial charge in [-0.2, -0.15) is 0 Å². The van der Waals surface area contributed by atoms with Crippen LogP contribution in [-0.2, 0) is 11.8 Å². The second-order valence-corrected chi connectivity index (χ2v) is 6.07. The molecule has 1 atom stereocenters. The van der Waals surface area contributed by atoms with Crippen LogP contribution in [0.25, 0.3) is 11.0 Å². The number of carbonyl (C=O) groups excluding carboxylic acids is 1. The summed E-state index contributed by atoms with van der Waals surface area (Å²) < 4.78 is 7.42. The summed E-state index contributed by atoms with van der Waals surface area (Å²) in [6, 6.07) is 2.31. The highest BCUT2D eigenvalue weighted by Gasteiger charge is 2.26. The van der Waals surface area contributed by atoms with Crippen LogP contribution in [0.5, 0.6) is 5.88 Å². The van der Waals surface area contributed by atoms with Crippen molar-refractivity contribution in [2.45, 2.75) is 39.7 Å². The first kappa shape index (κ1) is 14.8. The largest absolute Gasteiger partial charge is 0.466 e. The summed E-state index contributed by atoms with van der Waals surface area (Å²) in [6.45, 7) is 6.90. The topological polar surface area (TPSA) is 60.2 Å². The molecule has 2 aromatic rings. The Morgan fingerprint density at radius 2 is 2.23 bits per heavy atom. The first-order valence-electron chi connectivity index (χ1n) is 7.70. The normalized spacial score (nSPS) is 18.2. The molecule has 118 valence electrons. The fourth-order valence-corrected chi connectivity index (χ4v) is 3.17. The molecule has 6 nitrogen and oxygen atoms in total. The Labute approximate surface area is 130 Å². The van der Waals surface area contributed by atoms with Crippen molar-refractivity contribution in [3.8, 4) is 5.88 Å². The Balaban J connectivity index is 1.81. The number of aryl methyl sites for hydroxylation is 3. The summed E-state index contributed by atoms with van der Waals surface area (Å²) in [5.41, 5.74) is 2.79. The van der Waals surface area contributed by atoms with Crippen molar-refractivity contribution < 1.29 is 9.53 Å². The molecule has 1 aliphatic heterocycles. The van der Waals surface area contributed by atoms with Crippen LogP contribution in [0.2, 0.25) is 0 Å². The van der Waals surface area contributed by atoms with Crippen molar-refractivity contribution in [3.63, 3.8) is 0 Å². The lowest BCUT2D eigenvalue weighted by Crippen LogP contribution is -2.37. The number of likely N-dealkylation sites (tertiary alicyclic amines) is 1. The number of hydrogen-bond acceptors (Lipinski definition) is 4. The first-order chi connectivity index (χ1) is 10.5. The summed E-state index contributed by atoms with van der Waals surface area (Å²) in [4.78, 5) is 18.6. The number of amides is 1. The summed E-state index contributed by atoms with van der Waals surface area (Å²) in [7, 11) is 1.84. The predicted molar refractivity (Wildman–Crippen MR) is 83.9 cm³/mol. The van der Waals surface area contributed by atoms with E-state index in [1.54, 1.807) is 4.68 Å². The number of hydrogen-bond donors (Lipinski definition) is 0. The molecule has 2 aromatic heterocycles. The third-order valence-corrected chi connectivity index (χ3v) is 4.29. The minimum absolute atomic E-state index is 0.0292. The van der Waals surface area contributed by atoms with E-state index in [0.717, 1.165) is 41.7 Å². The van der Waals surface area contributed by atoms with Crippen molar-refractivity contribution in [1.82, 2.24) is 19.7 Å². The molecule has 1 unspecified atom stereocenters. The van der Waals surface area contributed by atoms with Crippen LogP contribution in [-0.4, -0.2) is 44.8 Å². The highest BCUT2D eigenvalue weighted by atomic mass is 16.5. The summed E-state index contributed by atoms with van der Waals surface area (Å²) in [6.07, 6.45) is 2.14. The van der Waals surface area contributed by atoms with E-state index in [0.29, 0.717) is 11.9 Å². The van der Waals surface area contributed by atoms with Crippen molar-refractivity contribution in [2.75, 3.05) is 13.2 Å². The smallest absolute Gasteiger partial charge is 0.260 e. The van der Waals surface area contributed by atoms with Gasteiger partial charge in [0.15, 0.2) is 12.3 Å². The van der Waals surface area contributed by atoms with Gasteiger partial charge in [0.2, 0.25) is 5.88 Å². The van der Waals surface area contributed by atoms with Crippen molar-refractivity contribution in [2.24, 2.45) is 7.05 Å². The molecule has 22 heavy (non-hydrogen) atoms. The molecule has 0 saturated carbocycles. The fourth-order valence-electron chi connectivity index (χ4n) is 3.17. The quantitative estimate of drug-likeness (QED) is 0.870. The molecule has 0 bridgehead atoms. The van der Waals surface area contributed by atoms with E-state index >= 15 is 0 Å². The molecule has 3 rings (SSSR count). The van der Waals surface area contributed by atoms with Crippen LogP contribution >= 0.6 is 0 Å². The van der Waals surface area contributed by atoms with Gasteiger partial charge in [0.25, 0.3) is 5.91 Å². The SMILES string of the molecule is Cc1cc(C)c2c(OCC(=O)N3CCCC3C)nn(C)c2n1. The Morgan fingerprint density at radius 1 is 1.45 bits per heavy atom. The molecule has 0 N–H and O–H groups in total. The summed E-state index contributed by atoms with van der Waals surface area (Å²) in [5.74, 6) is 0.518. The van der Waals surface area contributed by atoms with Gasteiger partial charge in [0.05, 0.1) is 5.39 Å². The van der Waals surface area contributed by atoms with Gasteiger partial charge in [-0.25, -0.2) is 9.67 Å². The summed E-state index contributed by atoms with van der Waals surface area (Å²) in [5, 5.41) is 5.26. The van der Waals surface area contributed by atoms with E-state index in [9.17, 15) is 4.79 Å². The predicted octanol–water partition coefficient (Wildman–Crippen LogP) is 1.97. The lowest BCUT2D eigenvalue weighted by molar-refractivity contribution is -0.133. The van der Waals surface area contributed by atoms with Gasteiger partial charge in [-0.3, -0.25) is 4.79 Å². The van der Waals surface area contributed by atoms with Gasteiger partial charge in [0, 0.05) is 25.3 Å². The second-order valence-electron chi connectivity index (χ2n) is 6.07. The average molecular weight is 302 g/mol. The van der Waals surface area contributed by atoms with E-state index in [-0.39, 0.29) is 12.5 Å². The fraction of sp³-hybridized carbons (Fsp3) is 0.562. The molecule has 6 heteroatoms. The zero-order valence-corrected chi connectivity index (χ0v) is 13.6. The van der Waals surface area contributed by atoms with Crippen LogP contribution in [0, 0.1) is 13.8 Å². The van der Waals surface area contributed by atoms with Crippen LogP contribution in [0.4, 0.5) is 0 Å². The molecule has 0 radical (unpaired) electrons. The molecule has 1 amide bonds. The van der Waals surface area contributed by atoms with Crippen LogP contribution in [0.15, 0.2) is 6.07 Å². The maximum absolute atomic E-state index is 12.3. The van der Waals surface area contributed by atoms with Crippen LogP contribution in [0.1, 0.15) is 31.0 Å². The number of rotatable bonds is 3. The molecular weight excluding hydrogens is 280 g/mol. The average Bonchev–Trinajstić information content (AvgIpc) is 3.01. The van der Waals surface area contributed by atoms with Crippen LogP contribution in [0.3, 0.4) is 0 Å². The minimum Gasteiger partial charge on any atom is -0.466 e. The van der Waals surface area contributed by atoms with E-state index in [2.05, 4.69) is 17.0 Å². The van der Waals surface area contributed by atoms with E-state index in [1.165, 1.54) is 0 Å². The number of carbonyl (C=O) groups is 1. The Kier molecular flexibility index (Phi) is 3.76. The zero-order chi connectivity index (χ0) is 15.9. The number of aromatic nitrogens is 3. The van der Waals surface area contributed by atoms with E-state index < -0.39 is 0 Å². The number of pyridine rings is 1. The summed E-state index contributed by atoms with van der Waals surface area (Å²) >= 11 is 0.